The molecule has 0 bridgehead atoms. The maximum absolute atomic E-state index is 11.6. The first kappa shape index (κ1) is 22.3. The summed E-state index contributed by atoms with van der Waals surface area (Å²) in [7, 11) is -4.63. The van der Waals surface area contributed by atoms with Crippen molar-refractivity contribution in [3.8, 4) is 0 Å². The molecule has 7 nitrogen and oxygen atoms in total. The van der Waals surface area contributed by atoms with Gasteiger partial charge in [-0.1, -0.05) is 38.3 Å². The normalized spacial score (nSPS) is 13.4. The fraction of sp³-hybridized carbons (Fsp3) is 0.800. The molecule has 0 heterocycles. The molecular weight excluding hydrogens is 323 g/mol. The quantitative estimate of drug-likeness (QED) is 0.191. The summed E-state index contributed by atoms with van der Waals surface area (Å²) >= 11 is 0. The summed E-state index contributed by atoms with van der Waals surface area (Å²) in [6, 6.07) is 0. The first-order valence-electron chi connectivity index (χ1n) is 8.04. The molecule has 0 aromatic heterocycles. The summed E-state index contributed by atoms with van der Waals surface area (Å²) < 4.78 is 19.6. The van der Waals surface area contributed by atoms with Crippen molar-refractivity contribution in [1.29, 1.82) is 0 Å². The molecule has 0 saturated heterocycles. The molecule has 0 aromatic rings. The van der Waals surface area contributed by atoms with Gasteiger partial charge in [0.25, 0.3) is 0 Å². The lowest BCUT2D eigenvalue weighted by molar-refractivity contribution is -0.153. The average molecular weight is 352 g/mol. The number of hydrogen-bond donors (Lipinski definition) is 3. The standard InChI is InChI=1S/C15H29O7P/c1-2-3-4-5-6-7-8-9-10-11-15(17)22-14(12-16)13-21-23(18,19)20/h3-4,14,16H,2,5-13H2,1H3,(H2,18,19,20)/b4-3-/t14-/m0/s1. The molecule has 23 heavy (non-hydrogen) atoms. The molecule has 8 heteroatoms. The second-order valence-electron chi connectivity index (χ2n) is 5.27. The Balaban J connectivity index is 3.65. The van der Waals surface area contributed by atoms with E-state index in [2.05, 4.69) is 23.6 Å². The Hall–Kier alpha value is -0.720. The van der Waals surface area contributed by atoms with Gasteiger partial charge >= 0.3 is 13.8 Å². The van der Waals surface area contributed by atoms with Gasteiger partial charge in [-0.25, -0.2) is 4.57 Å². The molecule has 0 amide bonds. The van der Waals surface area contributed by atoms with Crippen molar-refractivity contribution < 1.29 is 33.5 Å². The molecule has 0 aromatic carbocycles. The molecule has 0 aliphatic rings. The predicted octanol–water partition coefficient (Wildman–Crippen LogP) is 2.70. The molecule has 0 fully saturated rings. The van der Waals surface area contributed by atoms with Gasteiger partial charge in [-0.15, -0.1) is 0 Å². The molecule has 0 radical (unpaired) electrons. The van der Waals surface area contributed by atoms with E-state index in [0.717, 1.165) is 38.5 Å². The van der Waals surface area contributed by atoms with Gasteiger partial charge < -0.3 is 19.6 Å². The van der Waals surface area contributed by atoms with Gasteiger partial charge in [0.1, 0.15) is 6.10 Å². The number of allylic oxidation sites excluding steroid dienone is 2. The molecule has 3 N–H and O–H groups in total. The zero-order valence-electron chi connectivity index (χ0n) is 13.7. The van der Waals surface area contributed by atoms with E-state index in [1.165, 1.54) is 0 Å². The fourth-order valence-electron chi connectivity index (χ4n) is 1.90. The smallest absolute Gasteiger partial charge is 0.457 e. The van der Waals surface area contributed by atoms with Gasteiger partial charge in [-0.3, -0.25) is 9.32 Å². The Morgan fingerprint density at radius 1 is 1.13 bits per heavy atom. The maximum Gasteiger partial charge on any atom is 0.469 e. The summed E-state index contributed by atoms with van der Waals surface area (Å²) in [5.74, 6) is -0.496. The van der Waals surface area contributed by atoms with E-state index in [1.807, 2.05) is 0 Å². The van der Waals surface area contributed by atoms with E-state index in [4.69, 9.17) is 19.6 Å². The van der Waals surface area contributed by atoms with Crippen LogP contribution < -0.4 is 0 Å². The van der Waals surface area contributed by atoms with E-state index in [9.17, 15) is 9.36 Å². The van der Waals surface area contributed by atoms with Crippen LogP contribution in [0.4, 0.5) is 0 Å². The summed E-state index contributed by atoms with van der Waals surface area (Å²) in [6.07, 6.45) is 10.6. The minimum Gasteiger partial charge on any atom is -0.457 e. The van der Waals surface area contributed by atoms with Crippen LogP contribution in [0, 0.1) is 0 Å². The van der Waals surface area contributed by atoms with Crippen LogP contribution in [0.25, 0.3) is 0 Å². The van der Waals surface area contributed by atoms with Gasteiger partial charge in [-0.05, 0) is 25.7 Å². The van der Waals surface area contributed by atoms with E-state index in [-0.39, 0.29) is 6.42 Å². The highest BCUT2D eigenvalue weighted by atomic mass is 31.2. The molecule has 0 rings (SSSR count). The molecule has 0 aliphatic carbocycles. The zero-order valence-corrected chi connectivity index (χ0v) is 14.6. The second kappa shape index (κ2) is 13.7. The molecule has 1 atom stereocenters. The first-order valence-corrected chi connectivity index (χ1v) is 9.57. The van der Waals surface area contributed by atoms with Crippen molar-refractivity contribution in [3.05, 3.63) is 12.2 Å². The van der Waals surface area contributed by atoms with Crippen LogP contribution in [0.5, 0.6) is 0 Å². The number of carbonyl (C=O) groups excluding carboxylic acids is 1. The number of esters is 1. The van der Waals surface area contributed by atoms with E-state index in [0.29, 0.717) is 6.42 Å². The molecule has 0 aliphatic heterocycles. The Bertz CT molecular complexity index is 378. The van der Waals surface area contributed by atoms with Crippen molar-refractivity contribution in [2.24, 2.45) is 0 Å². The lowest BCUT2D eigenvalue weighted by Gasteiger charge is -2.15. The van der Waals surface area contributed by atoms with Crippen LogP contribution in [-0.4, -0.2) is 40.2 Å². The largest absolute Gasteiger partial charge is 0.469 e. The fourth-order valence-corrected chi connectivity index (χ4v) is 2.26. The second-order valence-corrected chi connectivity index (χ2v) is 6.51. The van der Waals surface area contributed by atoms with Gasteiger partial charge in [0.05, 0.1) is 13.2 Å². The Kier molecular flexibility index (Phi) is 13.3. The number of rotatable bonds is 14. The van der Waals surface area contributed by atoms with Crippen molar-refractivity contribution in [2.75, 3.05) is 13.2 Å². The summed E-state index contributed by atoms with van der Waals surface area (Å²) in [4.78, 5) is 28.7. The number of aliphatic hydroxyl groups is 1. The van der Waals surface area contributed by atoms with Crippen LogP contribution in [0.3, 0.4) is 0 Å². The number of hydrogen-bond acceptors (Lipinski definition) is 5. The molecule has 0 saturated carbocycles. The van der Waals surface area contributed by atoms with E-state index in [1.54, 1.807) is 0 Å². The third-order valence-electron chi connectivity index (χ3n) is 3.08. The Morgan fingerprint density at radius 2 is 1.78 bits per heavy atom. The Labute approximate surface area is 137 Å². The van der Waals surface area contributed by atoms with E-state index >= 15 is 0 Å². The number of phosphoric acid groups is 1. The summed E-state index contributed by atoms with van der Waals surface area (Å²) in [5, 5.41) is 8.99. The number of ether oxygens (including phenoxy) is 1. The Morgan fingerprint density at radius 3 is 2.39 bits per heavy atom. The third-order valence-corrected chi connectivity index (χ3v) is 3.57. The highest BCUT2D eigenvalue weighted by molar-refractivity contribution is 7.46. The van der Waals surface area contributed by atoms with E-state index < -0.39 is 33.1 Å². The number of phosphoric ester groups is 1. The van der Waals surface area contributed by atoms with Gasteiger partial charge in [0.2, 0.25) is 0 Å². The van der Waals surface area contributed by atoms with Gasteiger partial charge in [0, 0.05) is 6.42 Å². The van der Waals surface area contributed by atoms with Crippen LogP contribution in [-0.2, 0) is 18.6 Å². The highest BCUT2D eigenvalue weighted by Crippen LogP contribution is 2.35. The maximum atomic E-state index is 11.6. The minimum atomic E-state index is -4.63. The zero-order chi connectivity index (χ0) is 17.6. The van der Waals surface area contributed by atoms with Gasteiger partial charge in [-0.2, -0.15) is 0 Å². The lowest BCUT2D eigenvalue weighted by Crippen LogP contribution is -2.26. The van der Waals surface area contributed by atoms with Crippen LogP contribution >= 0.6 is 7.82 Å². The van der Waals surface area contributed by atoms with Crippen LogP contribution in [0.1, 0.15) is 58.3 Å². The molecule has 0 spiro atoms. The van der Waals surface area contributed by atoms with Crippen molar-refractivity contribution >= 4 is 13.8 Å². The number of unbranched alkanes of at least 4 members (excludes halogenated alkanes) is 5. The van der Waals surface area contributed by atoms with Crippen LogP contribution in [0.15, 0.2) is 12.2 Å². The molecule has 0 unspecified atom stereocenters. The average Bonchev–Trinajstić information content (AvgIpc) is 2.49. The summed E-state index contributed by atoms with van der Waals surface area (Å²) in [6.45, 7) is 1.03. The van der Waals surface area contributed by atoms with Crippen molar-refractivity contribution in [3.63, 3.8) is 0 Å². The molecular formula is C15H29O7P. The van der Waals surface area contributed by atoms with Crippen molar-refractivity contribution in [2.45, 2.75) is 64.4 Å². The minimum absolute atomic E-state index is 0.224. The molecule has 136 valence electrons. The number of carbonyl (C=O) groups is 1. The third kappa shape index (κ3) is 15.9. The highest BCUT2D eigenvalue weighted by Gasteiger charge is 2.20. The van der Waals surface area contributed by atoms with Crippen LogP contribution in [0.2, 0.25) is 0 Å². The summed E-state index contributed by atoms with van der Waals surface area (Å²) in [5.41, 5.74) is 0. The predicted molar refractivity (Wildman–Crippen MR) is 86.7 cm³/mol. The monoisotopic (exact) mass is 352 g/mol. The SMILES string of the molecule is CC/C=C\CCCCCCCC(=O)O[C@@H](CO)COP(=O)(O)O. The number of aliphatic hydroxyl groups excluding tert-OH is 1. The first-order chi connectivity index (χ1) is 10.9. The van der Waals surface area contributed by atoms with Crippen molar-refractivity contribution in [1.82, 2.24) is 0 Å². The lowest BCUT2D eigenvalue weighted by atomic mass is 10.1. The topological polar surface area (TPSA) is 113 Å². The van der Waals surface area contributed by atoms with Gasteiger partial charge in [0.15, 0.2) is 0 Å².